The maximum atomic E-state index is 15.4. The number of fused-ring (bicyclic) bond motifs is 6. The minimum absolute atomic E-state index is 0.0772. The van der Waals surface area contributed by atoms with Crippen molar-refractivity contribution in [1.29, 1.82) is 0 Å². The molecular weight excluding hydrogens is 541 g/mol. The molecule has 210 valence electrons. The molecule has 1 unspecified atom stereocenters. The maximum absolute atomic E-state index is 15.4. The molecule has 1 aliphatic rings. The lowest BCUT2D eigenvalue weighted by molar-refractivity contribution is 0.411. The molecule has 0 bridgehead atoms. The number of para-hydroxylation sites is 2. The van der Waals surface area contributed by atoms with Crippen LogP contribution in [-0.4, -0.2) is 18.8 Å². The van der Waals surface area contributed by atoms with Gasteiger partial charge in [-0.15, -0.1) is 0 Å². The fourth-order valence-electron chi connectivity index (χ4n) is 6.13. The largest absolute Gasteiger partial charge is 0.495 e. The van der Waals surface area contributed by atoms with Crippen LogP contribution in [0.15, 0.2) is 103 Å². The highest BCUT2D eigenvalue weighted by atomic mass is 31.2. The molecule has 2 heterocycles. The lowest BCUT2D eigenvalue weighted by Crippen LogP contribution is -2.26. The van der Waals surface area contributed by atoms with Gasteiger partial charge in [0.1, 0.15) is 22.8 Å². The van der Waals surface area contributed by atoms with Crippen molar-refractivity contribution in [3.05, 3.63) is 109 Å². The summed E-state index contributed by atoms with van der Waals surface area (Å²) in [6, 6.07) is 34.1. The highest BCUT2D eigenvalue weighted by molar-refractivity contribution is 7.75. The normalized spacial score (nSPS) is 16.1. The van der Waals surface area contributed by atoms with E-state index in [0.29, 0.717) is 27.9 Å². The van der Waals surface area contributed by atoms with Crippen LogP contribution in [0, 0.1) is 0 Å². The van der Waals surface area contributed by atoms with Gasteiger partial charge in [-0.25, -0.2) is 0 Å². The van der Waals surface area contributed by atoms with Gasteiger partial charge >= 0.3 is 7.37 Å². The monoisotopic (exact) mass is 573 g/mol. The van der Waals surface area contributed by atoms with Crippen molar-refractivity contribution in [2.24, 2.45) is 0 Å². The average Bonchev–Trinajstić information content (AvgIpc) is 3.35. The molecular formula is C36H32NO4P. The van der Waals surface area contributed by atoms with Gasteiger partial charge in [0.15, 0.2) is 0 Å². The van der Waals surface area contributed by atoms with Gasteiger partial charge in [0.2, 0.25) is 0 Å². The molecule has 0 saturated carbocycles. The van der Waals surface area contributed by atoms with Crippen LogP contribution in [0.25, 0.3) is 38.6 Å². The Kier molecular flexibility index (Phi) is 6.00. The van der Waals surface area contributed by atoms with Crippen molar-refractivity contribution >= 4 is 39.8 Å². The zero-order chi connectivity index (χ0) is 29.2. The molecule has 5 aromatic carbocycles. The molecule has 0 saturated heterocycles. The predicted octanol–water partition coefficient (Wildman–Crippen LogP) is 8.39. The molecule has 1 aliphatic heterocycles. The number of rotatable bonds is 4. The third-order valence-corrected chi connectivity index (χ3v) is 10.6. The second-order valence-electron chi connectivity index (χ2n) is 11.7. The molecule has 1 atom stereocenters. The summed E-state index contributed by atoms with van der Waals surface area (Å²) in [7, 11) is -0.395. The molecule has 6 aromatic rings. The summed E-state index contributed by atoms with van der Waals surface area (Å²) in [6.07, 6.45) is 0. The van der Waals surface area contributed by atoms with Crippen LogP contribution in [0.1, 0.15) is 26.3 Å². The quantitative estimate of drug-likeness (QED) is 0.199. The summed E-state index contributed by atoms with van der Waals surface area (Å²) in [5, 5.41) is 2.96. The van der Waals surface area contributed by atoms with E-state index in [1.54, 1.807) is 14.2 Å². The Bertz CT molecular complexity index is 2050. The standard InChI is InChI=1S/C36H32NO4P/c1-36(2,3)23-19-20-28-27(21-23)33-34(37(28)24-13-7-6-8-14-24)30(39-4)22-32(35(33)40-5)42(38)31-18-12-10-16-26(31)25-15-9-11-17-29(25)41-42/h6-22H,1-5H3. The first-order chi connectivity index (χ1) is 20.3. The lowest BCUT2D eigenvalue weighted by Gasteiger charge is -2.30. The number of hydrogen-bond acceptors (Lipinski definition) is 4. The summed E-state index contributed by atoms with van der Waals surface area (Å²) >= 11 is 0. The van der Waals surface area contributed by atoms with Gasteiger partial charge in [-0.2, -0.15) is 0 Å². The smallest absolute Gasteiger partial charge is 0.311 e. The van der Waals surface area contributed by atoms with Crippen molar-refractivity contribution in [2.45, 2.75) is 26.2 Å². The van der Waals surface area contributed by atoms with Crippen molar-refractivity contribution in [3.8, 4) is 34.1 Å². The fraction of sp³-hybridized carbons (Fsp3) is 0.167. The first-order valence-electron chi connectivity index (χ1n) is 14.0. The molecule has 0 spiro atoms. The number of aromatic nitrogens is 1. The number of nitrogens with zero attached hydrogens (tertiary/aromatic N) is 1. The fourth-order valence-corrected chi connectivity index (χ4v) is 8.57. The number of ether oxygens (including phenoxy) is 2. The molecule has 42 heavy (non-hydrogen) atoms. The van der Waals surface area contributed by atoms with E-state index in [2.05, 4.69) is 55.7 Å². The van der Waals surface area contributed by atoms with Gasteiger partial charge in [-0.1, -0.05) is 81.4 Å². The van der Waals surface area contributed by atoms with Gasteiger partial charge in [0.25, 0.3) is 0 Å². The van der Waals surface area contributed by atoms with Crippen LogP contribution in [0.4, 0.5) is 0 Å². The van der Waals surface area contributed by atoms with Crippen LogP contribution in [0.2, 0.25) is 0 Å². The Morgan fingerprint density at radius 2 is 1.43 bits per heavy atom. The van der Waals surface area contributed by atoms with Crippen LogP contribution < -0.4 is 24.6 Å². The SMILES string of the molecule is COc1c(P2(=O)Oc3ccccc3-c3ccccc32)cc(OC)c2c1c1cc(C(C)(C)C)ccc1n2-c1ccccc1. The number of methoxy groups -OCH3 is 2. The van der Waals surface area contributed by atoms with Crippen LogP contribution in [-0.2, 0) is 9.98 Å². The molecule has 0 fully saturated rings. The first kappa shape index (κ1) is 26.4. The molecule has 7 rings (SSSR count). The van der Waals surface area contributed by atoms with E-state index in [4.69, 9.17) is 14.0 Å². The topological polar surface area (TPSA) is 49.7 Å². The van der Waals surface area contributed by atoms with E-state index < -0.39 is 7.37 Å². The lowest BCUT2D eigenvalue weighted by atomic mass is 9.86. The van der Waals surface area contributed by atoms with Gasteiger partial charge in [-0.05, 0) is 52.9 Å². The number of benzene rings is 5. The second-order valence-corrected chi connectivity index (χ2v) is 13.9. The summed E-state index contributed by atoms with van der Waals surface area (Å²) in [4.78, 5) is 0. The van der Waals surface area contributed by atoms with E-state index in [-0.39, 0.29) is 5.41 Å². The van der Waals surface area contributed by atoms with E-state index >= 15 is 4.57 Å². The highest BCUT2D eigenvalue weighted by Crippen LogP contribution is 2.57. The number of hydrogen-bond donors (Lipinski definition) is 0. The minimum atomic E-state index is -3.69. The summed E-state index contributed by atoms with van der Waals surface area (Å²) in [5.41, 5.74) is 5.77. The third kappa shape index (κ3) is 3.80. The highest BCUT2D eigenvalue weighted by Gasteiger charge is 2.42. The second kappa shape index (κ2) is 9.54. The summed E-state index contributed by atoms with van der Waals surface area (Å²) in [5.74, 6) is 1.70. The van der Waals surface area contributed by atoms with Gasteiger partial charge < -0.3 is 18.6 Å². The summed E-state index contributed by atoms with van der Waals surface area (Å²) < 4.78 is 36.4. The molecule has 0 radical (unpaired) electrons. The van der Waals surface area contributed by atoms with E-state index in [9.17, 15) is 0 Å². The van der Waals surface area contributed by atoms with Crippen LogP contribution in [0.3, 0.4) is 0 Å². The summed E-state index contributed by atoms with van der Waals surface area (Å²) in [6.45, 7) is 6.61. The van der Waals surface area contributed by atoms with Gasteiger partial charge in [0, 0.05) is 22.7 Å². The zero-order valence-corrected chi connectivity index (χ0v) is 25.2. The van der Waals surface area contributed by atoms with E-state index in [1.165, 1.54) is 5.56 Å². The Hall–Kier alpha value is -4.47. The average molecular weight is 574 g/mol. The van der Waals surface area contributed by atoms with Crippen molar-refractivity contribution < 1.29 is 18.6 Å². The van der Waals surface area contributed by atoms with E-state index in [1.807, 2.05) is 72.8 Å². The molecule has 0 N–H and O–H groups in total. The zero-order valence-electron chi connectivity index (χ0n) is 24.3. The molecule has 1 aromatic heterocycles. The van der Waals surface area contributed by atoms with Crippen LogP contribution >= 0.6 is 7.37 Å². The Morgan fingerprint density at radius 3 is 2.14 bits per heavy atom. The Balaban J connectivity index is 1.64. The predicted molar refractivity (Wildman–Crippen MR) is 172 cm³/mol. The van der Waals surface area contributed by atoms with Crippen LogP contribution in [0.5, 0.6) is 17.2 Å². The molecule has 5 nitrogen and oxygen atoms in total. The van der Waals surface area contributed by atoms with Crippen molar-refractivity contribution in [1.82, 2.24) is 4.57 Å². The molecule has 0 aliphatic carbocycles. The van der Waals surface area contributed by atoms with Crippen molar-refractivity contribution in [2.75, 3.05) is 14.2 Å². The Labute approximate surface area is 245 Å². The Morgan fingerprint density at radius 1 is 0.738 bits per heavy atom. The third-order valence-electron chi connectivity index (χ3n) is 8.18. The van der Waals surface area contributed by atoms with Gasteiger partial charge in [0.05, 0.1) is 35.7 Å². The van der Waals surface area contributed by atoms with E-state index in [0.717, 1.165) is 38.6 Å². The maximum Gasteiger partial charge on any atom is 0.311 e. The molecule has 0 amide bonds. The first-order valence-corrected chi connectivity index (χ1v) is 15.7. The molecule has 6 heteroatoms. The van der Waals surface area contributed by atoms with Gasteiger partial charge in [-0.3, -0.25) is 4.57 Å². The van der Waals surface area contributed by atoms with Crippen molar-refractivity contribution in [3.63, 3.8) is 0 Å². The minimum Gasteiger partial charge on any atom is -0.495 e.